The van der Waals surface area contributed by atoms with Crippen LogP contribution in [0.2, 0.25) is 0 Å². The van der Waals surface area contributed by atoms with Gasteiger partial charge >= 0.3 is 5.97 Å². The fourth-order valence-electron chi connectivity index (χ4n) is 5.00. The van der Waals surface area contributed by atoms with Gasteiger partial charge in [0.05, 0.1) is 5.92 Å². The molecular formula is C14H22O2S. The topological polar surface area (TPSA) is 37.3 Å². The second-order valence-corrected chi connectivity index (χ2v) is 6.91. The molecule has 2 nitrogen and oxygen atoms in total. The van der Waals surface area contributed by atoms with E-state index in [9.17, 15) is 9.90 Å². The molecule has 4 rings (SSSR count). The molecule has 0 aromatic heterocycles. The highest BCUT2D eigenvalue weighted by Crippen LogP contribution is 2.57. The van der Waals surface area contributed by atoms with Gasteiger partial charge in [-0.1, -0.05) is 0 Å². The molecule has 0 heterocycles. The van der Waals surface area contributed by atoms with E-state index in [0.717, 1.165) is 30.1 Å². The lowest BCUT2D eigenvalue weighted by Gasteiger charge is -2.55. The number of aliphatic carboxylic acids is 1. The van der Waals surface area contributed by atoms with Gasteiger partial charge in [0.15, 0.2) is 0 Å². The van der Waals surface area contributed by atoms with E-state index in [-0.39, 0.29) is 5.92 Å². The first-order valence-electron chi connectivity index (χ1n) is 7.01. The van der Waals surface area contributed by atoms with Crippen LogP contribution in [0.4, 0.5) is 0 Å². The molecule has 0 aliphatic heterocycles. The minimum absolute atomic E-state index is 0.221. The van der Waals surface area contributed by atoms with Gasteiger partial charge in [-0.25, -0.2) is 0 Å². The van der Waals surface area contributed by atoms with Crippen molar-refractivity contribution in [2.75, 3.05) is 5.75 Å². The summed E-state index contributed by atoms with van der Waals surface area (Å²) in [5.74, 6) is 3.96. The summed E-state index contributed by atoms with van der Waals surface area (Å²) >= 11 is 4.21. The highest BCUT2D eigenvalue weighted by atomic mass is 32.1. The van der Waals surface area contributed by atoms with Gasteiger partial charge < -0.3 is 5.11 Å². The third kappa shape index (κ3) is 2.11. The maximum absolute atomic E-state index is 11.1. The maximum Gasteiger partial charge on any atom is 0.307 e. The number of carboxylic acids is 1. The Hall–Kier alpha value is -0.180. The second-order valence-electron chi connectivity index (χ2n) is 6.55. The highest BCUT2D eigenvalue weighted by molar-refractivity contribution is 7.80. The van der Waals surface area contributed by atoms with E-state index < -0.39 is 5.97 Å². The van der Waals surface area contributed by atoms with Crippen LogP contribution in [0.3, 0.4) is 0 Å². The summed E-state index contributed by atoms with van der Waals surface area (Å²) in [4.78, 5) is 11.1. The van der Waals surface area contributed by atoms with Crippen LogP contribution in [0.15, 0.2) is 0 Å². The number of hydrogen-bond donors (Lipinski definition) is 2. The fourth-order valence-corrected chi connectivity index (χ4v) is 5.31. The molecule has 0 spiro atoms. The van der Waals surface area contributed by atoms with Gasteiger partial charge in [-0.05, 0) is 68.1 Å². The standard InChI is InChI=1S/C14H22O2S/c15-14(16)12(7-17)6-13-10-2-8-1-9(4-10)5-11(13)3-8/h8-13,17H,1-7H2,(H,15,16). The summed E-state index contributed by atoms with van der Waals surface area (Å²) in [7, 11) is 0. The SMILES string of the molecule is O=C(O)C(CS)CC1C2CC3CC(C2)CC1C3. The predicted octanol–water partition coefficient (Wildman–Crippen LogP) is 3.08. The number of carboxylic acid groups (broad SMARTS) is 1. The molecule has 1 N–H and O–H groups in total. The zero-order chi connectivity index (χ0) is 12.0. The van der Waals surface area contributed by atoms with Gasteiger partial charge in [-0.15, -0.1) is 0 Å². The Balaban J connectivity index is 1.69. The third-order valence-corrected chi connectivity index (χ3v) is 5.99. The Kier molecular flexibility index (Phi) is 3.14. The lowest BCUT2D eigenvalue weighted by atomic mass is 9.51. The summed E-state index contributed by atoms with van der Waals surface area (Å²) in [5, 5.41) is 9.18. The number of hydrogen-bond acceptors (Lipinski definition) is 2. The van der Waals surface area contributed by atoms with Crippen molar-refractivity contribution >= 4 is 18.6 Å². The Morgan fingerprint density at radius 2 is 1.65 bits per heavy atom. The van der Waals surface area contributed by atoms with E-state index >= 15 is 0 Å². The van der Waals surface area contributed by atoms with Crippen molar-refractivity contribution in [3.63, 3.8) is 0 Å². The molecule has 4 saturated carbocycles. The number of rotatable bonds is 4. The summed E-state index contributed by atoms with van der Waals surface area (Å²) in [5.41, 5.74) is 0. The average molecular weight is 254 g/mol. The van der Waals surface area contributed by atoms with E-state index in [2.05, 4.69) is 12.6 Å². The van der Waals surface area contributed by atoms with Crippen LogP contribution in [-0.4, -0.2) is 16.8 Å². The van der Waals surface area contributed by atoms with Crippen LogP contribution >= 0.6 is 12.6 Å². The molecule has 0 amide bonds. The lowest BCUT2D eigenvalue weighted by Crippen LogP contribution is -2.46. The van der Waals surface area contributed by atoms with E-state index in [1.165, 1.54) is 32.1 Å². The summed E-state index contributed by atoms with van der Waals surface area (Å²) in [6.45, 7) is 0. The second kappa shape index (κ2) is 4.49. The Labute approximate surface area is 109 Å². The van der Waals surface area contributed by atoms with Crippen LogP contribution < -0.4 is 0 Å². The third-order valence-electron chi connectivity index (χ3n) is 5.55. The van der Waals surface area contributed by atoms with Crippen LogP contribution in [0.25, 0.3) is 0 Å². The molecule has 4 fully saturated rings. The molecular weight excluding hydrogens is 232 g/mol. The largest absolute Gasteiger partial charge is 0.481 e. The van der Waals surface area contributed by atoms with Gasteiger partial charge in [0.2, 0.25) is 0 Å². The Morgan fingerprint density at radius 1 is 1.12 bits per heavy atom. The molecule has 1 unspecified atom stereocenters. The number of carbonyl (C=O) groups is 1. The van der Waals surface area contributed by atoms with Crippen molar-refractivity contribution in [1.29, 1.82) is 0 Å². The van der Waals surface area contributed by atoms with Crippen molar-refractivity contribution in [2.24, 2.45) is 35.5 Å². The minimum Gasteiger partial charge on any atom is -0.481 e. The lowest BCUT2D eigenvalue weighted by molar-refractivity contribution is -0.142. The fraction of sp³-hybridized carbons (Fsp3) is 0.929. The summed E-state index contributed by atoms with van der Waals surface area (Å²) < 4.78 is 0. The summed E-state index contributed by atoms with van der Waals surface area (Å²) in [6, 6.07) is 0. The first kappa shape index (κ1) is 11.9. The molecule has 4 aliphatic rings. The summed E-state index contributed by atoms with van der Waals surface area (Å²) in [6.07, 6.45) is 7.89. The molecule has 4 aliphatic carbocycles. The van der Waals surface area contributed by atoms with Crippen LogP contribution in [0.5, 0.6) is 0 Å². The molecule has 3 heteroatoms. The monoisotopic (exact) mass is 254 g/mol. The van der Waals surface area contributed by atoms with Crippen LogP contribution in [0, 0.1) is 35.5 Å². The van der Waals surface area contributed by atoms with Crippen molar-refractivity contribution < 1.29 is 9.90 Å². The normalized spacial score (nSPS) is 44.9. The zero-order valence-electron chi connectivity index (χ0n) is 10.2. The maximum atomic E-state index is 11.1. The van der Waals surface area contributed by atoms with E-state index in [0.29, 0.717) is 11.7 Å². The number of thiol groups is 1. The van der Waals surface area contributed by atoms with Crippen LogP contribution in [0.1, 0.15) is 38.5 Å². The van der Waals surface area contributed by atoms with E-state index in [4.69, 9.17) is 0 Å². The van der Waals surface area contributed by atoms with Gasteiger partial charge in [-0.2, -0.15) is 12.6 Å². The molecule has 0 radical (unpaired) electrons. The van der Waals surface area contributed by atoms with Gasteiger partial charge in [0.25, 0.3) is 0 Å². The van der Waals surface area contributed by atoms with Crippen LogP contribution in [-0.2, 0) is 4.79 Å². The van der Waals surface area contributed by atoms with E-state index in [1.807, 2.05) is 0 Å². The van der Waals surface area contributed by atoms with Gasteiger partial charge in [-0.3, -0.25) is 4.79 Å². The van der Waals surface area contributed by atoms with Crippen molar-refractivity contribution in [3.8, 4) is 0 Å². The Bertz CT molecular complexity index is 287. The molecule has 0 aromatic carbocycles. The molecule has 96 valence electrons. The first-order chi connectivity index (χ1) is 8.17. The quantitative estimate of drug-likeness (QED) is 0.757. The smallest absolute Gasteiger partial charge is 0.307 e. The molecule has 4 bridgehead atoms. The minimum atomic E-state index is -0.645. The first-order valence-corrected chi connectivity index (χ1v) is 7.64. The van der Waals surface area contributed by atoms with E-state index in [1.54, 1.807) is 0 Å². The Morgan fingerprint density at radius 3 is 2.06 bits per heavy atom. The van der Waals surface area contributed by atoms with Crippen molar-refractivity contribution in [1.82, 2.24) is 0 Å². The van der Waals surface area contributed by atoms with Gasteiger partial charge in [0.1, 0.15) is 0 Å². The van der Waals surface area contributed by atoms with Crippen molar-refractivity contribution in [3.05, 3.63) is 0 Å². The molecule has 1 atom stereocenters. The van der Waals surface area contributed by atoms with Crippen molar-refractivity contribution in [2.45, 2.75) is 38.5 Å². The van der Waals surface area contributed by atoms with Gasteiger partial charge in [0, 0.05) is 5.75 Å². The average Bonchev–Trinajstić information content (AvgIpc) is 2.27. The highest BCUT2D eigenvalue weighted by Gasteiger charge is 2.48. The predicted molar refractivity (Wildman–Crippen MR) is 70.1 cm³/mol. The molecule has 0 saturated heterocycles. The molecule has 17 heavy (non-hydrogen) atoms. The zero-order valence-corrected chi connectivity index (χ0v) is 11.1. The molecule has 0 aromatic rings.